The third-order valence-corrected chi connectivity index (χ3v) is 6.44. The van der Waals surface area contributed by atoms with Crippen LogP contribution in [0.25, 0.3) is 5.57 Å². The predicted molar refractivity (Wildman–Crippen MR) is 139 cm³/mol. The summed E-state index contributed by atoms with van der Waals surface area (Å²) in [5, 5.41) is 13.2. The number of aromatic nitrogens is 2. The highest BCUT2D eigenvalue weighted by atomic mass is 31.0. The van der Waals surface area contributed by atoms with Gasteiger partial charge in [0.2, 0.25) is 0 Å². The van der Waals surface area contributed by atoms with Crippen LogP contribution in [0.1, 0.15) is 44.4 Å². The van der Waals surface area contributed by atoms with E-state index in [1.54, 1.807) is 6.92 Å². The van der Waals surface area contributed by atoms with Crippen LogP contribution in [0, 0.1) is 11.3 Å². The number of allylic oxidation sites excluding steroid dienone is 7. The minimum absolute atomic E-state index is 0.234. The molecule has 1 unspecified atom stereocenters. The zero-order valence-electron chi connectivity index (χ0n) is 19.4. The van der Waals surface area contributed by atoms with Gasteiger partial charge >= 0.3 is 6.55 Å². The van der Waals surface area contributed by atoms with Gasteiger partial charge in [0.15, 0.2) is 0 Å². The average molecular weight is 479 g/mol. The van der Waals surface area contributed by atoms with E-state index in [2.05, 4.69) is 38.6 Å². The van der Waals surface area contributed by atoms with Crippen molar-refractivity contribution < 1.29 is 8.78 Å². The van der Waals surface area contributed by atoms with Crippen LogP contribution >= 0.6 is 9.24 Å². The lowest BCUT2D eigenvalue weighted by Crippen LogP contribution is -2.06. The van der Waals surface area contributed by atoms with Gasteiger partial charge in [-0.05, 0) is 67.1 Å². The molecule has 0 spiro atoms. The largest absolute Gasteiger partial charge is 0.333 e. The number of hydrogen-bond donors (Lipinski definition) is 1. The van der Waals surface area contributed by atoms with Gasteiger partial charge in [0.1, 0.15) is 0 Å². The van der Waals surface area contributed by atoms with E-state index in [-0.39, 0.29) is 5.92 Å². The van der Waals surface area contributed by atoms with Crippen LogP contribution in [-0.4, -0.2) is 27.7 Å². The molecular formula is C27H29F2N4P. The number of fused-ring (bicyclic) bond motifs is 1. The fraction of sp³-hybridized carbons (Fsp3) is 0.296. The molecule has 0 saturated heterocycles. The Morgan fingerprint density at radius 2 is 2.00 bits per heavy atom. The molecule has 4 nitrogen and oxygen atoms in total. The Labute approximate surface area is 201 Å². The van der Waals surface area contributed by atoms with Crippen molar-refractivity contribution in [1.29, 1.82) is 5.41 Å². The summed E-state index contributed by atoms with van der Waals surface area (Å²) in [6.07, 6.45) is 11.9. The molecule has 1 aromatic heterocycles. The maximum Gasteiger partial charge on any atom is 0.333 e. The molecule has 0 fully saturated rings. The first-order valence-corrected chi connectivity index (χ1v) is 12.0. The van der Waals surface area contributed by atoms with Gasteiger partial charge in [-0.15, -0.1) is 9.24 Å². The van der Waals surface area contributed by atoms with Gasteiger partial charge in [-0.25, -0.2) is 4.68 Å². The fourth-order valence-electron chi connectivity index (χ4n) is 4.65. The van der Waals surface area contributed by atoms with E-state index in [1.165, 1.54) is 18.0 Å². The second kappa shape index (κ2) is 10.5. The van der Waals surface area contributed by atoms with Gasteiger partial charge in [0.05, 0.1) is 18.5 Å². The van der Waals surface area contributed by atoms with Crippen LogP contribution in [0.15, 0.2) is 88.0 Å². The third kappa shape index (κ3) is 5.39. The zero-order valence-corrected chi connectivity index (χ0v) is 20.6. The minimum Gasteiger partial charge on any atom is -0.305 e. The van der Waals surface area contributed by atoms with Gasteiger partial charge in [-0.2, -0.15) is 13.9 Å². The first-order chi connectivity index (χ1) is 16.3. The van der Waals surface area contributed by atoms with Crippen molar-refractivity contribution in [3.8, 4) is 0 Å². The van der Waals surface area contributed by atoms with Crippen LogP contribution in [-0.2, 0) is 6.42 Å². The molecule has 34 heavy (non-hydrogen) atoms. The van der Waals surface area contributed by atoms with E-state index in [0.29, 0.717) is 22.5 Å². The van der Waals surface area contributed by atoms with E-state index < -0.39 is 6.55 Å². The molecule has 2 heterocycles. The summed E-state index contributed by atoms with van der Waals surface area (Å²) in [5.41, 5.74) is 7.03. The summed E-state index contributed by atoms with van der Waals surface area (Å²) in [6, 6.07) is 10.3. The maximum absolute atomic E-state index is 13.3. The van der Waals surface area contributed by atoms with E-state index in [9.17, 15) is 8.78 Å². The standard InChI is InChI=1S/C27H29F2N4P/c1-17(30)25(18(2)34)21-10-11-31-26-22(14-21)9-8-20(12-19-6-4-3-5-7-19)13-24(26)23-15-32-33(16-23)27(28)29/h3-7,10,13-16,20,27,30H,8-9,11-12,34H2,1-2H3/b25-18+,30-17?/t20-/m0/s1. The smallest absolute Gasteiger partial charge is 0.305 e. The van der Waals surface area contributed by atoms with E-state index in [0.717, 1.165) is 52.6 Å². The van der Waals surface area contributed by atoms with Crippen molar-refractivity contribution in [2.45, 2.75) is 39.7 Å². The Hall–Kier alpha value is -2.98. The van der Waals surface area contributed by atoms with Crippen molar-refractivity contribution in [3.63, 3.8) is 0 Å². The van der Waals surface area contributed by atoms with Gasteiger partial charge in [-0.1, -0.05) is 42.5 Å². The molecule has 7 heteroatoms. The average Bonchev–Trinajstić information content (AvgIpc) is 3.12. The summed E-state index contributed by atoms with van der Waals surface area (Å²) in [7, 11) is 2.70. The highest BCUT2D eigenvalue weighted by Gasteiger charge is 2.25. The van der Waals surface area contributed by atoms with Crippen LogP contribution in [0.3, 0.4) is 0 Å². The Bertz CT molecular complexity index is 1230. The molecule has 1 N–H and O–H groups in total. The number of aliphatic imine (C=N–C) groups is 1. The summed E-state index contributed by atoms with van der Waals surface area (Å²) in [5.74, 6) is 0.234. The van der Waals surface area contributed by atoms with E-state index in [4.69, 9.17) is 10.4 Å². The quantitative estimate of drug-likeness (QED) is 0.360. The molecular weight excluding hydrogens is 449 g/mol. The number of halogens is 2. The molecule has 0 amide bonds. The molecule has 176 valence electrons. The number of rotatable bonds is 6. The van der Waals surface area contributed by atoms with E-state index >= 15 is 0 Å². The maximum atomic E-state index is 13.3. The van der Waals surface area contributed by atoms with Crippen LogP contribution in [0.4, 0.5) is 8.78 Å². The highest BCUT2D eigenvalue weighted by molar-refractivity contribution is 7.22. The number of nitrogens with one attached hydrogen (secondary N) is 1. The molecule has 1 aliphatic heterocycles. The molecule has 0 radical (unpaired) electrons. The summed E-state index contributed by atoms with van der Waals surface area (Å²) in [6.45, 7) is 1.55. The Kier molecular flexibility index (Phi) is 7.47. The van der Waals surface area contributed by atoms with Crippen LogP contribution in [0.5, 0.6) is 0 Å². The van der Waals surface area contributed by atoms with Crippen LogP contribution in [0.2, 0.25) is 0 Å². The first-order valence-electron chi connectivity index (χ1n) is 11.4. The lowest BCUT2D eigenvalue weighted by Gasteiger charge is -2.13. The topological polar surface area (TPSA) is 54.0 Å². The van der Waals surface area contributed by atoms with Crippen molar-refractivity contribution in [3.05, 3.63) is 94.1 Å². The van der Waals surface area contributed by atoms with Gasteiger partial charge in [-0.3, -0.25) is 4.99 Å². The summed E-state index contributed by atoms with van der Waals surface area (Å²) >= 11 is 0. The van der Waals surface area contributed by atoms with Gasteiger partial charge in [0, 0.05) is 28.6 Å². The number of benzene rings is 1. The highest BCUT2D eigenvalue weighted by Crippen LogP contribution is 2.35. The van der Waals surface area contributed by atoms with Gasteiger partial charge < -0.3 is 5.41 Å². The molecule has 1 aliphatic carbocycles. The summed E-state index contributed by atoms with van der Waals surface area (Å²) in [4.78, 5) is 4.89. The molecule has 2 aromatic rings. The Morgan fingerprint density at radius 3 is 2.65 bits per heavy atom. The third-order valence-electron chi connectivity index (χ3n) is 6.15. The molecule has 2 atom stereocenters. The van der Waals surface area contributed by atoms with Crippen molar-refractivity contribution in [1.82, 2.24) is 9.78 Å². The Balaban J connectivity index is 1.78. The van der Waals surface area contributed by atoms with Crippen LogP contribution < -0.4 is 0 Å². The summed E-state index contributed by atoms with van der Waals surface area (Å²) < 4.78 is 27.3. The second-order valence-electron chi connectivity index (χ2n) is 8.76. The first kappa shape index (κ1) is 24.2. The second-order valence-corrected chi connectivity index (χ2v) is 9.62. The number of alkyl halides is 2. The zero-order chi connectivity index (χ0) is 24.2. The molecule has 0 saturated carbocycles. The lowest BCUT2D eigenvalue weighted by molar-refractivity contribution is 0.0566. The number of nitrogens with zero attached hydrogens (tertiary/aromatic N) is 3. The number of hydrogen-bond acceptors (Lipinski definition) is 3. The molecule has 4 rings (SSSR count). The van der Waals surface area contributed by atoms with E-state index in [1.807, 2.05) is 31.2 Å². The van der Waals surface area contributed by atoms with Crippen molar-refractivity contribution in [2.75, 3.05) is 6.54 Å². The lowest BCUT2D eigenvalue weighted by atomic mass is 9.93. The monoisotopic (exact) mass is 478 g/mol. The van der Waals surface area contributed by atoms with Gasteiger partial charge in [0.25, 0.3) is 0 Å². The SMILES string of the molecule is CC(=N)/C(C1=CCN=C2C(=C1)CC[C@@H](Cc1ccccc1)C=C2c1cnn(C(F)F)c1)=C(/C)P. The predicted octanol–water partition coefficient (Wildman–Crippen LogP) is 6.81. The molecule has 2 aliphatic rings. The fourth-order valence-corrected chi connectivity index (χ4v) is 5.03. The normalized spacial score (nSPS) is 19.2. The minimum atomic E-state index is -2.69. The molecule has 0 bridgehead atoms. The van der Waals surface area contributed by atoms with Crippen molar-refractivity contribution in [2.24, 2.45) is 10.9 Å². The molecule has 1 aromatic carbocycles. The Morgan fingerprint density at radius 1 is 1.24 bits per heavy atom. The van der Waals surface area contributed by atoms with Crippen molar-refractivity contribution >= 4 is 26.2 Å².